The smallest absolute Gasteiger partial charge is 0.250 e. The Morgan fingerprint density at radius 1 is 1.25 bits per heavy atom. The van der Waals surface area contributed by atoms with Crippen molar-refractivity contribution in [2.75, 3.05) is 44.5 Å². The predicted octanol–water partition coefficient (Wildman–Crippen LogP) is 1.22. The highest BCUT2D eigenvalue weighted by Crippen LogP contribution is 2.18. The first-order valence-electron chi connectivity index (χ1n) is 6.65. The van der Waals surface area contributed by atoms with Crippen LogP contribution in [-0.2, 0) is 9.47 Å². The van der Waals surface area contributed by atoms with Crippen LogP contribution in [0.5, 0.6) is 0 Å². The minimum absolute atomic E-state index is 0.418. The molecule has 1 aromatic carbocycles. The molecule has 0 heterocycles. The van der Waals surface area contributed by atoms with Crippen LogP contribution in [-0.4, -0.2) is 39.4 Å². The fourth-order valence-electron chi connectivity index (χ4n) is 1.72. The summed E-state index contributed by atoms with van der Waals surface area (Å²) in [4.78, 5) is 11.3. The van der Waals surface area contributed by atoms with Gasteiger partial charge in [-0.1, -0.05) is 0 Å². The van der Waals surface area contributed by atoms with Crippen molar-refractivity contribution in [1.82, 2.24) is 0 Å². The van der Waals surface area contributed by atoms with E-state index >= 15 is 0 Å². The molecule has 0 saturated heterocycles. The highest BCUT2D eigenvalue weighted by Gasteiger charge is 2.07. The summed E-state index contributed by atoms with van der Waals surface area (Å²) >= 11 is 0. The fraction of sp³-hybridized carbons (Fsp3) is 0.500. The lowest BCUT2D eigenvalue weighted by Crippen LogP contribution is -2.15. The fourth-order valence-corrected chi connectivity index (χ4v) is 1.72. The van der Waals surface area contributed by atoms with Gasteiger partial charge in [-0.3, -0.25) is 4.79 Å². The van der Waals surface area contributed by atoms with Gasteiger partial charge in [-0.2, -0.15) is 0 Å². The minimum Gasteiger partial charge on any atom is -0.399 e. The second-order valence-corrected chi connectivity index (χ2v) is 4.41. The summed E-state index contributed by atoms with van der Waals surface area (Å²) in [5.41, 5.74) is 12.6. The molecule has 0 aliphatic heterocycles. The van der Waals surface area contributed by atoms with Gasteiger partial charge in [0.05, 0.1) is 18.8 Å². The Hall–Kier alpha value is -1.79. The Bertz CT molecular complexity index is 424. The van der Waals surface area contributed by atoms with E-state index in [0.717, 1.165) is 19.4 Å². The maximum atomic E-state index is 11.3. The summed E-state index contributed by atoms with van der Waals surface area (Å²) < 4.78 is 10.2. The number of anilines is 2. The van der Waals surface area contributed by atoms with E-state index in [-0.39, 0.29) is 0 Å². The molecule has 0 saturated carbocycles. The number of nitrogen functional groups attached to an aromatic ring is 1. The maximum Gasteiger partial charge on any atom is 0.250 e. The number of nitrogens with one attached hydrogen (secondary N) is 1. The Balaban J connectivity index is 2.27. The Kier molecular flexibility index (Phi) is 7.46. The molecule has 5 N–H and O–H groups in total. The zero-order valence-corrected chi connectivity index (χ0v) is 11.9. The van der Waals surface area contributed by atoms with Crippen molar-refractivity contribution in [3.05, 3.63) is 23.8 Å². The van der Waals surface area contributed by atoms with E-state index in [1.807, 2.05) is 0 Å². The highest BCUT2D eigenvalue weighted by atomic mass is 16.5. The molecule has 20 heavy (non-hydrogen) atoms. The molecule has 0 aliphatic rings. The number of methoxy groups -OCH3 is 1. The maximum absolute atomic E-state index is 11.3. The Morgan fingerprint density at radius 3 is 2.75 bits per heavy atom. The molecule has 6 nitrogen and oxygen atoms in total. The van der Waals surface area contributed by atoms with E-state index in [1.54, 1.807) is 25.3 Å². The topological polar surface area (TPSA) is 99.6 Å². The number of unbranched alkanes of at least 4 members (excludes halogenated alkanes) is 1. The third-order valence-corrected chi connectivity index (χ3v) is 2.77. The van der Waals surface area contributed by atoms with Gasteiger partial charge in [0.2, 0.25) is 0 Å². The summed E-state index contributed by atoms with van der Waals surface area (Å²) in [5, 5.41) is 3.19. The van der Waals surface area contributed by atoms with Gasteiger partial charge >= 0.3 is 0 Å². The van der Waals surface area contributed by atoms with Crippen LogP contribution in [0.4, 0.5) is 11.4 Å². The molecule has 0 aromatic heterocycles. The summed E-state index contributed by atoms with van der Waals surface area (Å²) in [5.74, 6) is -0.484. The third kappa shape index (κ3) is 5.90. The summed E-state index contributed by atoms with van der Waals surface area (Å²) in [6.07, 6.45) is 1.88. The molecule has 0 spiro atoms. The second-order valence-electron chi connectivity index (χ2n) is 4.41. The van der Waals surface area contributed by atoms with Crippen molar-refractivity contribution < 1.29 is 14.3 Å². The summed E-state index contributed by atoms with van der Waals surface area (Å²) in [7, 11) is 1.65. The number of ether oxygens (including phenoxy) is 2. The van der Waals surface area contributed by atoms with Crippen LogP contribution in [0.1, 0.15) is 23.2 Å². The van der Waals surface area contributed by atoms with Gasteiger partial charge < -0.3 is 26.3 Å². The van der Waals surface area contributed by atoms with E-state index in [1.165, 1.54) is 0 Å². The van der Waals surface area contributed by atoms with Gasteiger partial charge in [0, 0.05) is 31.6 Å². The van der Waals surface area contributed by atoms with Gasteiger partial charge in [0.25, 0.3) is 5.91 Å². The number of rotatable bonds is 10. The highest BCUT2D eigenvalue weighted by molar-refractivity contribution is 5.99. The van der Waals surface area contributed by atoms with Crippen molar-refractivity contribution in [3.63, 3.8) is 0 Å². The molecule has 1 aromatic rings. The molecular formula is C14H23N3O3. The number of benzene rings is 1. The molecule has 0 aliphatic carbocycles. The zero-order chi connectivity index (χ0) is 14.8. The monoisotopic (exact) mass is 281 g/mol. The van der Waals surface area contributed by atoms with Crippen LogP contribution < -0.4 is 16.8 Å². The van der Waals surface area contributed by atoms with Crippen molar-refractivity contribution in [2.24, 2.45) is 5.73 Å². The summed E-state index contributed by atoms with van der Waals surface area (Å²) in [6, 6.07) is 5.09. The molecule has 0 radical (unpaired) electrons. The average Bonchev–Trinajstić information content (AvgIpc) is 2.43. The van der Waals surface area contributed by atoms with Crippen molar-refractivity contribution >= 4 is 17.3 Å². The third-order valence-electron chi connectivity index (χ3n) is 2.77. The van der Waals surface area contributed by atoms with Crippen LogP contribution in [0.3, 0.4) is 0 Å². The molecule has 1 rings (SSSR count). The van der Waals surface area contributed by atoms with Crippen LogP contribution >= 0.6 is 0 Å². The first-order chi connectivity index (χ1) is 9.65. The largest absolute Gasteiger partial charge is 0.399 e. The first-order valence-corrected chi connectivity index (χ1v) is 6.65. The number of primary amides is 1. The van der Waals surface area contributed by atoms with E-state index < -0.39 is 5.91 Å². The van der Waals surface area contributed by atoms with Crippen LogP contribution in [0.25, 0.3) is 0 Å². The normalized spacial score (nSPS) is 10.4. The minimum atomic E-state index is -0.484. The molecular weight excluding hydrogens is 258 g/mol. The van der Waals surface area contributed by atoms with Crippen molar-refractivity contribution in [2.45, 2.75) is 12.8 Å². The lowest BCUT2D eigenvalue weighted by molar-refractivity contribution is 0.0691. The van der Waals surface area contributed by atoms with Gasteiger partial charge in [0.15, 0.2) is 0 Å². The molecule has 0 atom stereocenters. The Morgan fingerprint density at radius 2 is 2.05 bits per heavy atom. The van der Waals surface area contributed by atoms with Crippen molar-refractivity contribution in [3.8, 4) is 0 Å². The molecule has 1 amide bonds. The zero-order valence-electron chi connectivity index (χ0n) is 11.9. The summed E-state index contributed by atoms with van der Waals surface area (Å²) in [6.45, 7) is 2.69. The molecule has 112 valence electrons. The number of carbonyl (C=O) groups is 1. The lowest BCUT2D eigenvalue weighted by Gasteiger charge is -2.10. The number of carbonyl (C=O) groups excluding carboxylic acids is 1. The van der Waals surface area contributed by atoms with Crippen LogP contribution in [0.15, 0.2) is 18.2 Å². The molecule has 0 unspecified atom stereocenters. The SMILES string of the molecule is COCCOCCCCNc1ccc(N)cc1C(N)=O. The van der Waals surface area contributed by atoms with E-state index in [4.69, 9.17) is 20.9 Å². The van der Waals surface area contributed by atoms with Gasteiger partial charge in [-0.25, -0.2) is 0 Å². The van der Waals surface area contributed by atoms with Gasteiger partial charge in [-0.15, -0.1) is 0 Å². The first kappa shape index (κ1) is 16.3. The quantitative estimate of drug-likeness (QED) is 0.442. The Labute approximate surface area is 119 Å². The van der Waals surface area contributed by atoms with E-state index in [0.29, 0.717) is 36.8 Å². The van der Waals surface area contributed by atoms with Crippen LogP contribution in [0.2, 0.25) is 0 Å². The van der Waals surface area contributed by atoms with Gasteiger partial charge in [0.1, 0.15) is 0 Å². The van der Waals surface area contributed by atoms with Gasteiger partial charge in [-0.05, 0) is 31.0 Å². The predicted molar refractivity (Wildman–Crippen MR) is 79.8 cm³/mol. The van der Waals surface area contributed by atoms with E-state index in [9.17, 15) is 4.79 Å². The average molecular weight is 281 g/mol. The van der Waals surface area contributed by atoms with Crippen molar-refractivity contribution in [1.29, 1.82) is 0 Å². The number of amides is 1. The number of hydrogen-bond donors (Lipinski definition) is 3. The number of nitrogens with two attached hydrogens (primary N) is 2. The van der Waals surface area contributed by atoms with Crippen LogP contribution in [0, 0.1) is 0 Å². The standard InChI is InChI=1S/C14H23N3O3/c1-19-8-9-20-7-3-2-6-17-13-5-4-11(15)10-12(13)14(16)18/h4-5,10,17H,2-3,6-9,15H2,1H3,(H2,16,18). The molecule has 0 bridgehead atoms. The lowest BCUT2D eigenvalue weighted by atomic mass is 10.1. The molecule has 0 fully saturated rings. The number of hydrogen-bond acceptors (Lipinski definition) is 5. The second kappa shape index (κ2) is 9.17. The van der Waals surface area contributed by atoms with E-state index in [2.05, 4.69) is 5.32 Å². The molecule has 6 heteroatoms.